The lowest BCUT2D eigenvalue weighted by atomic mass is 9.92. The number of hydrogen-bond acceptors (Lipinski definition) is 2. The van der Waals surface area contributed by atoms with Crippen LogP contribution in [0.25, 0.3) is 0 Å². The minimum atomic E-state index is -0.769. The Balaban J connectivity index is 2.19. The molecular formula is C14H17Cl2NO2. The molecule has 0 aromatic heterocycles. The van der Waals surface area contributed by atoms with E-state index in [-0.39, 0.29) is 0 Å². The first-order valence-electron chi connectivity index (χ1n) is 6.38. The van der Waals surface area contributed by atoms with E-state index in [1.165, 1.54) is 0 Å². The fraction of sp³-hybridized carbons (Fsp3) is 0.500. The first-order valence-corrected chi connectivity index (χ1v) is 7.14. The number of hydrogen-bond donors (Lipinski definition) is 1. The van der Waals surface area contributed by atoms with Gasteiger partial charge < -0.3 is 5.11 Å². The summed E-state index contributed by atoms with van der Waals surface area (Å²) < 4.78 is 0. The summed E-state index contributed by atoms with van der Waals surface area (Å²) in [4.78, 5) is 13.3. The van der Waals surface area contributed by atoms with E-state index in [0.29, 0.717) is 28.9 Å². The van der Waals surface area contributed by atoms with Crippen molar-refractivity contribution in [2.45, 2.75) is 32.4 Å². The number of carbonyl (C=O) groups is 1. The normalized spacial score (nSPS) is 24.4. The Morgan fingerprint density at radius 1 is 1.42 bits per heavy atom. The molecule has 0 amide bonds. The maximum Gasteiger partial charge on any atom is 0.320 e. The van der Waals surface area contributed by atoms with Crippen molar-refractivity contribution in [2.75, 3.05) is 6.54 Å². The van der Waals surface area contributed by atoms with Crippen molar-refractivity contribution in [3.8, 4) is 0 Å². The number of piperidine rings is 1. The van der Waals surface area contributed by atoms with Crippen molar-refractivity contribution in [1.29, 1.82) is 0 Å². The molecular weight excluding hydrogens is 285 g/mol. The van der Waals surface area contributed by atoms with Crippen LogP contribution in [0.4, 0.5) is 0 Å². The van der Waals surface area contributed by atoms with Crippen molar-refractivity contribution >= 4 is 29.2 Å². The van der Waals surface area contributed by atoms with Gasteiger partial charge in [0.05, 0.1) is 0 Å². The van der Waals surface area contributed by atoms with Crippen LogP contribution in [-0.2, 0) is 11.3 Å². The predicted molar refractivity (Wildman–Crippen MR) is 76.7 cm³/mol. The molecule has 1 fully saturated rings. The maximum absolute atomic E-state index is 11.4. The number of aliphatic carboxylic acids is 1. The number of halogens is 2. The van der Waals surface area contributed by atoms with Crippen LogP contribution < -0.4 is 0 Å². The fourth-order valence-corrected chi connectivity index (χ4v) is 3.04. The van der Waals surface area contributed by atoms with Gasteiger partial charge in [0.25, 0.3) is 0 Å². The molecule has 0 spiro atoms. The van der Waals surface area contributed by atoms with Crippen LogP contribution in [0.1, 0.15) is 25.3 Å². The molecule has 1 heterocycles. The molecule has 3 nitrogen and oxygen atoms in total. The summed E-state index contributed by atoms with van der Waals surface area (Å²) in [7, 11) is 0. The summed E-state index contributed by atoms with van der Waals surface area (Å²) in [5.74, 6) is -0.325. The lowest BCUT2D eigenvalue weighted by Gasteiger charge is -2.36. The number of nitrogens with zero attached hydrogens (tertiary/aromatic N) is 1. The van der Waals surface area contributed by atoms with Gasteiger partial charge in [0.15, 0.2) is 0 Å². The first kappa shape index (κ1) is 14.6. The Morgan fingerprint density at radius 3 is 2.63 bits per heavy atom. The lowest BCUT2D eigenvalue weighted by Crippen LogP contribution is -2.46. The van der Waals surface area contributed by atoms with E-state index in [1.807, 2.05) is 4.90 Å². The number of carboxylic acids is 1. The van der Waals surface area contributed by atoms with E-state index in [2.05, 4.69) is 6.92 Å². The zero-order chi connectivity index (χ0) is 14.0. The molecule has 5 heteroatoms. The van der Waals surface area contributed by atoms with Crippen molar-refractivity contribution in [3.05, 3.63) is 33.8 Å². The average molecular weight is 302 g/mol. The summed E-state index contributed by atoms with van der Waals surface area (Å²) in [6.45, 7) is 3.34. The molecule has 1 N–H and O–H groups in total. The lowest BCUT2D eigenvalue weighted by molar-refractivity contribution is -0.145. The summed E-state index contributed by atoms with van der Waals surface area (Å²) in [6.07, 6.45) is 1.68. The summed E-state index contributed by atoms with van der Waals surface area (Å²) in [6, 6.07) is 4.91. The third-order valence-electron chi connectivity index (χ3n) is 3.68. The molecule has 0 aliphatic carbocycles. The highest BCUT2D eigenvalue weighted by Crippen LogP contribution is 2.30. The Kier molecular flexibility index (Phi) is 4.71. The molecule has 19 heavy (non-hydrogen) atoms. The van der Waals surface area contributed by atoms with Gasteiger partial charge in [-0.3, -0.25) is 9.69 Å². The maximum atomic E-state index is 11.4. The minimum Gasteiger partial charge on any atom is -0.480 e. The van der Waals surface area contributed by atoms with Crippen LogP contribution in [0.5, 0.6) is 0 Å². The van der Waals surface area contributed by atoms with E-state index in [0.717, 1.165) is 18.5 Å². The molecule has 2 rings (SSSR count). The van der Waals surface area contributed by atoms with E-state index in [1.54, 1.807) is 18.2 Å². The minimum absolute atomic E-state index is 0.444. The second-order valence-corrected chi connectivity index (χ2v) is 5.97. The Labute approximate surface area is 123 Å². The summed E-state index contributed by atoms with van der Waals surface area (Å²) in [5.41, 5.74) is 0.812. The molecule has 1 aliphatic rings. The molecule has 2 unspecified atom stereocenters. The van der Waals surface area contributed by atoms with Crippen LogP contribution in [0.3, 0.4) is 0 Å². The molecule has 2 atom stereocenters. The zero-order valence-corrected chi connectivity index (χ0v) is 12.3. The van der Waals surface area contributed by atoms with Crippen LogP contribution in [0.2, 0.25) is 10.0 Å². The third kappa shape index (κ3) is 3.41. The second kappa shape index (κ2) is 6.12. The Bertz CT molecular complexity index is 458. The first-order chi connectivity index (χ1) is 8.99. The van der Waals surface area contributed by atoms with Gasteiger partial charge in [-0.25, -0.2) is 0 Å². The van der Waals surface area contributed by atoms with E-state index in [4.69, 9.17) is 23.2 Å². The van der Waals surface area contributed by atoms with Gasteiger partial charge in [-0.2, -0.15) is 0 Å². The largest absolute Gasteiger partial charge is 0.480 e. The van der Waals surface area contributed by atoms with Gasteiger partial charge >= 0.3 is 5.97 Å². The number of rotatable bonds is 3. The summed E-state index contributed by atoms with van der Waals surface area (Å²) in [5, 5.41) is 10.5. The monoisotopic (exact) mass is 301 g/mol. The van der Waals surface area contributed by atoms with Gasteiger partial charge in [-0.1, -0.05) is 36.2 Å². The molecule has 1 aliphatic heterocycles. The van der Waals surface area contributed by atoms with Crippen molar-refractivity contribution in [1.82, 2.24) is 4.90 Å². The Hall–Kier alpha value is -0.770. The zero-order valence-electron chi connectivity index (χ0n) is 10.8. The molecule has 0 radical (unpaired) electrons. The van der Waals surface area contributed by atoms with Crippen LogP contribution in [-0.4, -0.2) is 28.6 Å². The van der Waals surface area contributed by atoms with Crippen molar-refractivity contribution in [3.63, 3.8) is 0 Å². The predicted octanol–water partition coefficient (Wildman–Crippen LogP) is 3.68. The highest BCUT2D eigenvalue weighted by atomic mass is 35.5. The molecule has 104 valence electrons. The Morgan fingerprint density at radius 2 is 2.05 bits per heavy atom. The smallest absolute Gasteiger partial charge is 0.320 e. The van der Waals surface area contributed by atoms with E-state index in [9.17, 15) is 9.90 Å². The summed E-state index contributed by atoms with van der Waals surface area (Å²) >= 11 is 12.3. The van der Waals surface area contributed by atoms with Crippen LogP contribution >= 0.6 is 23.2 Å². The average Bonchev–Trinajstić information content (AvgIpc) is 2.35. The fourth-order valence-electron chi connectivity index (χ4n) is 2.52. The topological polar surface area (TPSA) is 40.5 Å². The quantitative estimate of drug-likeness (QED) is 0.926. The number of likely N-dealkylation sites (tertiary alicyclic amines) is 1. The highest BCUT2D eigenvalue weighted by Gasteiger charge is 2.32. The van der Waals surface area contributed by atoms with E-state index >= 15 is 0 Å². The molecule has 0 saturated carbocycles. The second-order valence-electron chi connectivity index (χ2n) is 5.15. The highest BCUT2D eigenvalue weighted by molar-refractivity contribution is 6.35. The van der Waals surface area contributed by atoms with Gasteiger partial charge in [-0.05, 0) is 37.4 Å². The molecule has 0 bridgehead atoms. The van der Waals surface area contributed by atoms with Crippen molar-refractivity contribution < 1.29 is 9.90 Å². The van der Waals surface area contributed by atoms with Crippen LogP contribution in [0, 0.1) is 5.92 Å². The van der Waals surface area contributed by atoms with Gasteiger partial charge in [0, 0.05) is 22.2 Å². The van der Waals surface area contributed by atoms with Crippen molar-refractivity contribution in [2.24, 2.45) is 5.92 Å². The number of carboxylic acid groups (broad SMARTS) is 1. The van der Waals surface area contributed by atoms with Gasteiger partial charge in [0.1, 0.15) is 6.04 Å². The standard InChI is InChI=1S/C14H17Cl2NO2/c1-9-5-6-17(13(7-9)14(18)19)8-10-11(15)3-2-4-12(10)16/h2-4,9,13H,5-8H2,1H3,(H,18,19). The van der Waals surface area contributed by atoms with Gasteiger partial charge in [-0.15, -0.1) is 0 Å². The SMILES string of the molecule is CC1CCN(Cc2c(Cl)cccc2Cl)C(C(=O)O)C1. The van der Waals surface area contributed by atoms with Gasteiger partial charge in [0.2, 0.25) is 0 Å². The van der Waals surface area contributed by atoms with E-state index < -0.39 is 12.0 Å². The molecule has 1 saturated heterocycles. The third-order valence-corrected chi connectivity index (χ3v) is 4.39. The molecule has 1 aromatic rings. The molecule has 1 aromatic carbocycles. The number of benzene rings is 1. The van der Waals surface area contributed by atoms with Crippen LogP contribution in [0.15, 0.2) is 18.2 Å².